The monoisotopic (exact) mass is 155 g/mol. The van der Waals surface area contributed by atoms with Crippen LogP contribution in [-0.4, -0.2) is 24.5 Å². The molecule has 1 aliphatic rings. The van der Waals surface area contributed by atoms with Crippen LogP contribution < -0.4 is 0 Å². The number of hydrogen-bond acceptors (Lipinski definition) is 1. The largest absolute Gasteiger partial charge is 0.303 e. The highest BCUT2D eigenvalue weighted by molar-refractivity contribution is 4.81. The summed E-state index contributed by atoms with van der Waals surface area (Å²) >= 11 is 0. The van der Waals surface area contributed by atoms with Crippen LogP contribution in [0.25, 0.3) is 0 Å². The van der Waals surface area contributed by atoms with E-state index in [4.69, 9.17) is 0 Å². The molecule has 66 valence electrons. The number of nitrogens with zero attached hydrogens (tertiary/aromatic N) is 1. The van der Waals surface area contributed by atoms with Crippen molar-refractivity contribution in [3.63, 3.8) is 0 Å². The standard InChI is InChI=1S/C10H21N/c1-8(2)9(3)10-6-5-7-11(10)4/h8-10H,5-7H2,1-4H3. The van der Waals surface area contributed by atoms with Gasteiger partial charge in [0.2, 0.25) is 0 Å². The maximum atomic E-state index is 2.52. The lowest BCUT2D eigenvalue weighted by atomic mass is 9.89. The molecule has 2 unspecified atom stereocenters. The van der Waals surface area contributed by atoms with Crippen molar-refractivity contribution in [1.82, 2.24) is 4.90 Å². The lowest BCUT2D eigenvalue weighted by molar-refractivity contribution is 0.199. The van der Waals surface area contributed by atoms with Crippen molar-refractivity contribution in [2.45, 2.75) is 39.7 Å². The normalized spacial score (nSPS) is 29.7. The minimum Gasteiger partial charge on any atom is -0.303 e. The Morgan fingerprint density at radius 1 is 1.27 bits per heavy atom. The summed E-state index contributed by atoms with van der Waals surface area (Å²) in [6.07, 6.45) is 2.81. The highest BCUT2D eigenvalue weighted by Crippen LogP contribution is 2.26. The molecule has 0 aliphatic carbocycles. The van der Waals surface area contributed by atoms with Crippen molar-refractivity contribution in [2.75, 3.05) is 13.6 Å². The van der Waals surface area contributed by atoms with E-state index in [1.807, 2.05) is 0 Å². The zero-order chi connectivity index (χ0) is 8.43. The molecule has 1 aliphatic heterocycles. The molecular formula is C10H21N. The molecule has 0 N–H and O–H groups in total. The quantitative estimate of drug-likeness (QED) is 0.592. The van der Waals surface area contributed by atoms with E-state index in [1.165, 1.54) is 19.4 Å². The average molecular weight is 155 g/mol. The minimum atomic E-state index is 0.834. The first-order chi connectivity index (χ1) is 5.13. The molecular weight excluding hydrogens is 134 g/mol. The molecule has 0 amide bonds. The van der Waals surface area contributed by atoms with E-state index in [-0.39, 0.29) is 0 Å². The van der Waals surface area contributed by atoms with Crippen LogP contribution in [0, 0.1) is 11.8 Å². The molecule has 1 rings (SSSR count). The van der Waals surface area contributed by atoms with Gasteiger partial charge in [-0.3, -0.25) is 0 Å². The predicted octanol–water partition coefficient (Wildman–Crippen LogP) is 2.37. The number of rotatable bonds is 2. The van der Waals surface area contributed by atoms with Gasteiger partial charge in [0.25, 0.3) is 0 Å². The van der Waals surface area contributed by atoms with Crippen LogP contribution in [0.5, 0.6) is 0 Å². The highest BCUT2D eigenvalue weighted by Gasteiger charge is 2.27. The Kier molecular flexibility index (Phi) is 2.94. The van der Waals surface area contributed by atoms with Crippen LogP contribution in [0.15, 0.2) is 0 Å². The van der Waals surface area contributed by atoms with Crippen LogP contribution in [0.1, 0.15) is 33.6 Å². The second-order valence-corrected chi connectivity index (χ2v) is 4.29. The molecule has 1 nitrogen and oxygen atoms in total. The summed E-state index contributed by atoms with van der Waals surface area (Å²) in [5.41, 5.74) is 0. The second kappa shape index (κ2) is 3.57. The van der Waals surface area contributed by atoms with Gasteiger partial charge in [0.1, 0.15) is 0 Å². The average Bonchev–Trinajstić information content (AvgIpc) is 2.33. The molecule has 0 aromatic heterocycles. The smallest absolute Gasteiger partial charge is 0.0121 e. The van der Waals surface area contributed by atoms with Gasteiger partial charge in [-0.05, 0) is 38.3 Å². The molecule has 1 saturated heterocycles. The van der Waals surface area contributed by atoms with Gasteiger partial charge in [-0.15, -0.1) is 0 Å². The Hall–Kier alpha value is -0.0400. The lowest BCUT2D eigenvalue weighted by Gasteiger charge is -2.28. The van der Waals surface area contributed by atoms with E-state index in [2.05, 4.69) is 32.7 Å². The fourth-order valence-electron chi connectivity index (χ4n) is 2.04. The maximum Gasteiger partial charge on any atom is 0.0121 e. The highest BCUT2D eigenvalue weighted by atomic mass is 15.1. The van der Waals surface area contributed by atoms with E-state index in [1.54, 1.807) is 0 Å². The Labute approximate surface area is 70.8 Å². The van der Waals surface area contributed by atoms with Gasteiger partial charge in [0, 0.05) is 6.04 Å². The van der Waals surface area contributed by atoms with Gasteiger partial charge in [-0.2, -0.15) is 0 Å². The lowest BCUT2D eigenvalue weighted by Crippen LogP contribution is -2.33. The molecule has 0 bridgehead atoms. The summed E-state index contributed by atoms with van der Waals surface area (Å²) in [7, 11) is 2.26. The molecule has 0 radical (unpaired) electrons. The Morgan fingerprint density at radius 2 is 1.91 bits per heavy atom. The summed E-state index contributed by atoms with van der Waals surface area (Å²) in [5.74, 6) is 1.70. The van der Waals surface area contributed by atoms with Gasteiger partial charge in [-0.1, -0.05) is 20.8 Å². The zero-order valence-corrected chi connectivity index (χ0v) is 8.30. The van der Waals surface area contributed by atoms with E-state index >= 15 is 0 Å². The van der Waals surface area contributed by atoms with E-state index in [9.17, 15) is 0 Å². The molecule has 0 aromatic rings. The van der Waals surface area contributed by atoms with Gasteiger partial charge >= 0.3 is 0 Å². The molecule has 0 spiro atoms. The SMILES string of the molecule is CC(C)C(C)C1CCCN1C. The van der Waals surface area contributed by atoms with E-state index in [0.717, 1.165) is 17.9 Å². The fourth-order valence-corrected chi connectivity index (χ4v) is 2.04. The summed E-state index contributed by atoms with van der Waals surface area (Å²) in [4.78, 5) is 2.52. The van der Waals surface area contributed by atoms with E-state index < -0.39 is 0 Å². The molecule has 1 heterocycles. The first kappa shape index (κ1) is 9.05. The van der Waals surface area contributed by atoms with Gasteiger partial charge in [-0.25, -0.2) is 0 Å². The topological polar surface area (TPSA) is 3.24 Å². The van der Waals surface area contributed by atoms with E-state index in [0.29, 0.717) is 0 Å². The second-order valence-electron chi connectivity index (χ2n) is 4.29. The Morgan fingerprint density at radius 3 is 2.27 bits per heavy atom. The molecule has 1 fully saturated rings. The summed E-state index contributed by atoms with van der Waals surface area (Å²) in [6.45, 7) is 8.35. The summed E-state index contributed by atoms with van der Waals surface area (Å²) in [6, 6.07) is 0.856. The van der Waals surface area contributed by atoms with Crippen molar-refractivity contribution in [1.29, 1.82) is 0 Å². The van der Waals surface area contributed by atoms with Gasteiger partial charge < -0.3 is 4.90 Å². The van der Waals surface area contributed by atoms with Gasteiger partial charge in [0.05, 0.1) is 0 Å². The first-order valence-electron chi connectivity index (χ1n) is 4.83. The van der Waals surface area contributed by atoms with Crippen LogP contribution in [-0.2, 0) is 0 Å². The molecule has 2 atom stereocenters. The molecule has 0 aromatic carbocycles. The van der Waals surface area contributed by atoms with Crippen molar-refractivity contribution >= 4 is 0 Å². The van der Waals surface area contributed by atoms with Crippen molar-refractivity contribution in [3.8, 4) is 0 Å². The third kappa shape index (κ3) is 1.96. The maximum absolute atomic E-state index is 2.52. The van der Waals surface area contributed by atoms with Crippen LogP contribution in [0.3, 0.4) is 0 Å². The predicted molar refractivity (Wildman–Crippen MR) is 49.7 cm³/mol. The van der Waals surface area contributed by atoms with Crippen LogP contribution >= 0.6 is 0 Å². The molecule has 11 heavy (non-hydrogen) atoms. The Bertz CT molecular complexity index is 120. The summed E-state index contributed by atoms with van der Waals surface area (Å²) in [5, 5.41) is 0. The van der Waals surface area contributed by atoms with Crippen molar-refractivity contribution in [3.05, 3.63) is 0 Å². The molecule has 0 saturated carbocycles. The summed E-state index contributed by atoms with van der Waals surface area (Å²) < 4.78 is 0. The van der Waals surface area contributed by atoms with Gasteiger partial charge in [0.15, 0.2) is 0 Å². The number of hydrogen-bond donors (Lipinski definition) is 0. The molecule has 1 heteroatoms. The zero-order valence-electron chi connectivity index (χ0n) is 8.30. The first-order valence-corrected chi connectivity index (χ1v) is 4.83. The van der Waals surface area contributed by atoms with Crippen LogP contribution in [0.2, 0.25) is 0 Å². The third-order valence-electron chi connectivity index (χ3n) is 3.24. The Balaban J connectivity index is 2.45. The van der Waals surface area contributed by atoms with Crippen LogP contribution in [0.4, 0.5) is 0 Å². The van der Waals surface area contributed by atoms with Crippen molar-refractivity contribution in [2.24, 2.45) is 11.8 Å². The minimum absolute atomic E-state index is 0.834. The fraction of sp³-hybridized carbons (Fsp3) is 1.00. The van der Waals surface area contributed by atoms with Crippen molar-refractivity contribution < 1.29 is 0 Å². The number of likely N-dealkylation sites (tertiary alicyclic amines) is 1. The third-order valence-corrected chi connectivity index (χ3v) is 3.24.